The smallest absolute Gasteiger partial charge is 0.412 e. The van der Waals surface area contributed by atoms with E-state index in [1.165, 1.54) is 36.2 Å². The molecule has 0 heterocycles. The number of nitrogens with zero attached hydrogens (tertiary/aromatic N) is 1. The van der Waals surface area contributed by atoms with Gasteiger partial charge in [0.2, 0.25) is 0 Å². The van der Waals surface area contributed by atoms with E-state index in [4.69, 9.17) is 9.47 Å². The SMILES string of the molecule is CC(C)OC(=O)N(C)COc1ccccc1C(=O)OOC(=O)c1ccccc1. The third-order valence-electron chi connectivity index (χ3n) is 3.37. The highest BCUT2D eigenvalue weighted by atomic mass is 17.2. The van der Waals surface area contributed by atoms with Gasteiger partial charge in [-0.3, -0.25) is 4.90 Å². The molecule has 2 rings (SSSR count). The molecule has 1 amide bonds. The number of hydrogen-bond donors (Lipinski definition) is 0. The molecule has 0 aliphatic heterocycles. The lowest BCUT2D eigenvalue weighted by Crippen LogP contribution is -2.33. The molecule has 0 bridgehead atoms. The largest absolute Gasteiger partial charge is 0.472 e. The molecule has 8 heteroatoms. The maximum Gasteiger partial charge on any atom is 0.412 e. The van der Waals surface area contributed by atoms with Crippen LogP contribution in [0.4, 0.5) is 4.79 Å². The summed E-state index contributed by atoms with van der Waals surface area (Å²) in [4.78, 5) is 46.3. The molecule has 0 aliphatic rings. The summed E-state index contributed by atoms with van der Waals surface area (Å²) in [7, 11) is 1.49. The quantitative estimate of drug-likeness (QED) is 0.426. The molecular formula is C20H21NO7. The lowest BCUT2D eigenvalue weighted by Gasteiger charge is -2.19. The molecule has 0 atom stereocenters. The molecule has 28 heavy (non-hydrogen) atoms. The fraction of sp³-hybridized carbons (Fsp3) is 0.250. The van der Waals surface area contributed by atoms with Crippen LogP contribution < -0.4 is 4.74 Å². The standard InChI is InChI=1S/C20H21NO7/c1-14(2)26-20(24)21(3)13-25-17-12-8-7-11-16(17)19(23)28-27-18(22)15-9-5-4-6-10-15/h4-12,14H,13H2,1-3H3. The summed E-state index contributed by atoms with van der Waals surface area (Å²) >= 11 is 0. The molecule has 8 nitrogen and oxygen atoms in total. The Labute approximate surface area is 162 Å². The van der Waals surface area contributed by atoms with Crippen molar-refractivity contribution in [2.45, 2.75) is 20.0 Å². The summed E-state index contributed by atoms with van der Waals surface area (Å²) in [6, 6.07) is 14.3. The lowest BCUT2D eigenvalue weighted by atomic mass is 10.2. The minimum absolute atomic E-state index is 0.0361. The van der Waals surface area contributed by atoms with Crippen LogP contribution in [0.2, 0.25) is 0 Å². The van der Waals surface area contributed by atoms with Gasteiger partial charge in [-0.05, 0) is 38.1 Å². The monoisotopic (exact) mass is 387 g/mol. The predicted octanol–water partition coefficient (Wildman–Crippen LogP) is 3.43. The minimum atomic E-state index is -0.910. The number of amides is 1. The normalized spacial score (nSPS) is 10.1. The van der Waals surface area contributed by atoms with Crippen LogP contribution in [0.1, 0.15) is 34.6 Å². The van der Waals surface area contributed by atoms with E-state index in [0.29, 0.717) is 0 Å². The maximum atomic E-state index is 12.2. The number of rotatable bonds is 6. The Morgan fingerprint density at radius 1 is 0.893 bits per heavy atom. The average Bonchev–Trinajstić information content (AvgIpc) is 2.70. The van der Waals surface area contributed by atoms with Gasteiger partial charge in [-0.1, -0.05) is 30.3 Å². The number of carbonyl (C=O) groups is 3. The Morgan fingerprint density at radius 2 is 1.50 bits per heavy atom. The van der Waals surface area contributed by atoms with Crippen molar-refractivity contribution in [1.29, 1.82) is 0 Å². The number of carbonyl (C=O) groups excluding carboxylic acids is 3. The second-order valence-electron chi connectivity index (χ2n) is 6.01. The van der Waals surface area contributed by atoms with E-state index in [1.54, 1.807) is 44.2 Å². The molecule has 0 fully saturated rings. The van der Waals surface area contributed by atoms with Gasteiger partial charge >= 0.3 is 18.0 Å². The van der Waals surface area contributed by atoms with Crippen molar-refractivity contribution >= 4 is 18.0 Å². The van der Waals surface area contributed by atoms with Crippen molar-refractivity contribution in [1.82, 2.24) is 4.90 Å². The van der Waals surface area contributed by atoms with E-state index in [1.807, 2.05) is 0 Å². The van der Waals surface area contributed by atoms with Gasteiger partial charge in [-0.25, -0.2) is 24.2 Å². The summed E-state index contributed by atoms with van der Waals surface area (Å²) in [5.41, 5.74) is 0.277. The van der Waals surface area contributed by atoms with E-state index >= 15 is 0 Å². The number of para-hydroxylation sites is 1. The van der Waals surface area contributed by atoms with Crippen molar-refractivity contribution in [2.75, 3.05) is 13.8 Å². The van der Waals surface area contributed by atoms with E-state index in [0.717, 1.165) is 0 Å². The van der Waals surface area contributed by atoms with Crippen LogP contribution >= 0.6 is 0 Å². The van der Waals surface area contributed by atoms with E-state index in [2.05, 4.69) is 9.78 Å². The molecule has 0 radical (unpaired) electrons. The highest BCUT2D eigenvalue weighted by Gasteiger charge is 2.19. The van der Waals surface area contributed by atoms with E-state index in [9.17, 15) is 14.4 Å². The summed E-state index contributed by atoms with van der Waals surface area (Å²) < 4.78 is 10.5. The molecule has 2 aromatic carbocycles. The highest BCUT2D eigenvalue weighted by Crippen LogP contribution is 2.19. The summed E-state index contributed by atoms with van der Waals surface area (Å²) in [6.07, 6.45) is -0.830. The maximum absolute atomic E-state index is 12.2. The molecule has 0 N–H and O–H groups in total. The fourth-order valence-corrected chi connectivity index (χ4v) is 2.01. The van der Waals surface area contributed by atoms with Crippen LogP contribution in [0.5, 0.6) is 5.75 Å². The molecule has 0 saturated carbocycles. The Bertz CT molecular complexity index is 820. The van der Waals surface area contributed by atoms with Gasteiger partial charge in [0.25, 0.3) is 0 Å². The molecule has 0 unspecified atom stereocenters. The first-order chi connectivity index (χ1) is 13.4. The molecule has 0 spiro atoms. The zero-order valence-electron chi connectivity index (χ0n) is 15.8. The minimum Gasteiger partial charge on any atom is -0.472 e. The number of ether oxygens (including phenoxy) is 2. The van der Waals surface area contributed by atoms with Gasteiger partial charge in [0.15, 0.2) is 6.73 Å². The van der Waals surface area contributed by atoms with Gasteiger partial charge in [-0.2, -0.15) is 0 Å². The lowest BCUT2D eigenvalue weighted by molar-refractivity contribution is -0.187. The first kappa shape index (κ1) is 20.8. The summed E-state index contributed by atoms with van der Waals surface area (Å²) in [5.74, 6) is -1.55. The van der Waals surface area contributed by atoms with Crippen molar-refractivity contribution in [3.05, 3.63) is 65.7 Å². The van der Waals surface area contributed by atoms with Crippen LogP contribution in [0.15, 0.2) is 54.6 Å². The van der Waals surface area contributed by atoms with Crippen molar-refractivity contribution in [2.24, 2.45) is 0 Å². The average molecular weight is 387 g/mol. The van der Waals surface area contributed by atoms with Gasteiger partial charge in [-0.15, -0.1) is 0 Å². The number of hydrogen-bond acceptors (Lipinski definition) is 7. The van der Waals surface area contributed by atoms with Crippen molar-refractivity contribution < 1.29 is 33.6 Å². The first-order valence-electron chi connectivity index (χ1n) is 8.50. The zero-order chi connectivity index (χ0) is 20.5. The van der Waals surface area contributed by atoms with Gasteiger partial charge in [0.05, 0.1) is 11.7 Å². The predicted molar refractivity (Wildman–Crippen MR) is 98.6 cm³/mol. The zero-order valence-corrected chi connectivity index (χ0v) is 15.8. The Hall–Kier alpha value is -3.55. The van der Waals surface area contributed by atoms with E-state index in [-0.39, 0.29) is 29.7 Å². The van der Waals surface area contributed by atoms with Gasteiger partial charge in [0.1, 0.15) is 11.3 Å². The second kappa shape index (κ2) is 9.96. The molecule has 2 aromatic rings. The first-order valence-corrected chi connectivity index (χ1v) is 8.50. The second-order valence-corrected chi connectivity index (χ2v) is 6.01. The number of benzene rings is 2. The van der Waals surface area contributed by atoms with Gasteiger partial charge < -0.3 is 9.47 Å². The third-order valence-corrected chi connectivity index (χ3v) is 3.37. The van der Waals surface area contributed by atoms with Crippen molar-refractivity contribution in [3.8, 4) is 5.75 Å². The molecular weight excluding hydrogens is 366 g/mol. The van der Waals surface area contributed by atoms with Crippen LogP contribution in [0.3, 0.4) is 0 Å². The van der Waals surface area contributed by atoms with Crippen LogP contribution in [0.25, 0.3) is 0 Å². The Balaban J connectivity index is 1.96. The highest BCUT2D eigenvalue weighted by molar-refractivity contribution is 5.94. The van der Waals surface area contributed by atoms with Crippen LogP contribution in [-0.4, -0.2) is 42.8 Å². The summed E-state index contributed by atoms with van der Waals surface area (Å²) in [5, 5.41) is 0. The third kappa shape index (κ3) is 6.01. The van der Waals surface area contributed by atoms with Gasteiger partial charge in [0, 0.05) is 7.05 Å². The summed E-state index contributed by atoms with van der Waals surface area (Å²) in [6.45, 7) is 3.31. The molecule has 0 aliphatic carbocycles. The Kier molecular flexibility index (Phi) is 7.38. The fourth-order valence-electron chi connectivity index (χ4n) is 2.01. The topological polar surface area (TPSA) is 91.4 Å². The van der Waals surface area contributed by atoms with Crippen LogP contribution in [-0.2, 0) is 14.5 Å². The van der Waals surface area contributed by atoms with Crippen molar-refractivity contribution in [3.63, 3.8) is 0 Å². The molecule has 0 aromatic heterocycles. The molecule has 0 saturated heterocycles. The molecule has 148 valence electrons. The Morgan fingerprint density at radius 3 is 2.18 bits per heavy atom. The van der Waals surface area contributed by atoms with E-state index < -0.39 is 18.0 Å². The van der Waals surface area contributed by atoms with Crippen LogP contribution in [0, 0.1) is 0 Å².